The minimum Gasteiger partial charge on any atom is -0.229 e. The van der Waals surface area contributed by atoms with E-state index >= 15 is 0 Å². The molecule has 0 unspecified atom stereocenters. The van der Waals surface area contributed by atoms with Crippen molar-refractivity contribution >= 4 is 19.9 Å². The molecule has 0 N–H and O–H groups in total. The molecule has 0 saturated carbocycles. The van der Waals surface area contributed by atoms with Crippen LogP contribution in [-0.2, 0) is 19.9 Å². The smallest absolute Gasteiger partial charge is 0.229 e. The van der Waals surface area contributed by atoms with Gasteiger partial charge in [0, 0.05) is 13.1 Å². The average Bonchev–Trinajstić information content (AvgIpc) is 2.38. The number of sulfonamides is 1. The van der Waals surface area contributed by atoms with Crippen LogP contribution < -0.4 is 0 Å². The molecule has 0 bridgehead atoms. The predicted octanol–water partition coefficient (Wildman–Crippen LogP) is 1.23. The summed E-state index contributed by atoms with van der Waals surface area (Å²) in [6.45, 7) is 4.16. The lowest BCUT2D eigenvalue weighted by atomic mass is 10.0. The molecule has 1 fully saturated rings. The van der Waals surface area contributed by atoms with Gasteiger partial charge in [-0.15, -0.1) is 0 Å². The largest absolute Gasteiger partial charge is 0.243 e. The van der Waals surface area contributed by atoms with E-state index < -0.39 is 19.9 Å². The topological polar surface area (TPSA) is 71.5 Å². The Kier molecular flexibility index (Phi) is 4.22. The third-order valence-corrected chi connectivity index (χ3v) is 7.01. The van der Waals surface area contributed by atoms with Crippen molar-refractivity contribution in [2.45, 2.75) is 24.7 Å². The minimum atomic E-state index is -3.59. The Morgan fingerprint density at radius 1 is 1.05 bits per heavy atom. The molecule has 7 heteroatoms. The molecular weight excluding hydrogens is 298 g/mol. The lowest BCUT2D eigenvalue weighted by Crippen LogP contribution is -2.43. The first-order chi connectivity index (χ1) is 9.22. The fourth-order valence-corrected chi connectivity index (χ4v) is 4.98. The molecule has 1 aliphatic heterocycles. The average molecular weight is 317 g/mol. The Balaban J connectivity index is 2.22. The van der Waals surface area contributed by atoms with Gasteiger partial charge >= 0.3 is 0 Å². The Bertz CT molecular complexity index is 662. The molecule has 0 atom stereocenters. The Morgan fingerprint density at radius 3 is 2.00 bits per heavy atom. The van der Waals surface area contributed by atoms with Gasteiger partial charge in [-0.1, -0.05) is 26.0 Å². The van der Waals surface area contributed by atoms with Crippen molar-refractivity contribution in [2.24, 2.45) is 0 Å². The third kappa shape index (κ3) is 3.21. The second-order valence-corrected chi connectivity index (χ2v) is 9.52. The zero-order valence-electron chi connectivity index (χ0n) is 11.6. The van der Waals surface area contributed by atoms with Gasteiger partial charge in [-0.05, 0) is 23.6 Å². The summed E-state index contributed by atoms with van der Waals surface area (Å²) in [7, 11) is -6.67. The normalized spacial score (nSPS) is 20.1. The van der Waals surface area contributed by atoms with Crippen molar-refractivity contribution < 1.29 is 16.8 Å². The highest BCUT2D eigenvalue weighted by molar-refractivity contribution is 7.92. The van der Waals surface area contributed by atoms with Gasteiger partial charge in [-0.2, -0.15) is 4.31 Å². The summed E-state index contributed by atoms with van der Waals surface area (Å²) in [6.07, 6.45) is 0. The predicted molar refractivity (Wildman–Crippen MR) is 77.9 cm³/mol. The van der Waals surface area contributed by atoms with Gasteiger partial charge < -0.3 is 0 Å². The van der Waals surface area contributed by atoms with Crippen LogP contribution in [0.4, 0.5) is 0 Å². The molecule has 1 aromatic carbocycles. The molecule has 20 heavy (non-hydrogen) atoms. The zero-order valence-corrected chi connectivity index (χ0v) is 13.2. The summed E-state index contributed by atoms with van der Waals surface area (Å²) in [6, 6.07) is 6.79. The van der Waals surface area contributed by atoms with Gasteiger partial charge in [0.25, 0.3) is 0 Å². The van der Waals surface area contributed by atoms with E-state index in [1.54, 1.807) is 24.3 Å². The van der Waals surface area contributed by atoms with Crippen LogP contribution in [0.1, 0.15) is 25.3 Å². The van der Waals surface area contributed by atoms with Crippen LogP contribution in [-0.4, -0.2) is 45.7 Å². The zero-order chi connectivity index (χ0) is 15.0. The highest BCUT2D eigenvalue weighted by Gasteiger charge is 2.31. The van der Waals surface area contributed by atoms with E-state index in [9.17, 15) is 16.8 Å². The highest BCUT2D eigenvalue weighted by Crippen LogP contribution is 2.21. The van der Waals surface area contributed by atoms with Crippen molar-refractivity contribution in [3.05, 3.63) is 29.8 Å². The molecule has 0 aliphatic carbocycles. The molecule has 1 aliphatic rings. The number of hydrogen-bond donors (Lipinski definition) is 0. The Morgan fingerprint density at radius 2 is 1.55 bits per heavy atom. The number of nitrogens with zero attached hydrogens (tertiary/aromatic N) is 1. The maximum Gasteiger partial charge on any atom is 0.243 e. The first-order valence-electron chi connectivity index (χ1n) is 6.53. The van der Waals surface area contributed by atoms with Crippen molar-refractivity contribution in [1.29, 1.82) is 0 Å². The summed E-state index contributed by atoms with van der Waals surface area (Å²) < 4.78 is 48.8. The van der Waals surface area contributed by atoms with E-state index in [4.69, 9.17) is 0 Å². The quantitative estimate of drug-likeness (QED) is 0.840. The lowest BCUT2D eigenvalue weighted by molar-refractivity contribution is 0.430. The minimum absolute atomic E-state index is 0.0383. The molecule has 1 aromatic rings. The standard InChI is InChI=1S/C13H19NO4S2/c1-11(2)12-3-5-13(6-4-12)20(17,18)14-7-9-19(15,16)10-8-14/h3-6,11H,7-10H2,1-2H3. The van der Waals surface area contributed by atoms with Crippen molar-refractivity contribution in [3.8, 4) is 0 Å². The Hall–Kier alpha value is -0.920. The summed E-state index contributed by atoms with van der Waals surface area (Å²) in [5.74, 6) is 0.138. The van der Waals surface area contributed by atoms with E-state index in [0.29, 0.717) is 5.92 Å². The highest BCUT2D eigenvalue weighted by atomic mass is 32.2. The molecule has 5 nitrogen and oxygen atoms in total. The summed E-state index contributed by atoms with van der Waals surface area (Å²) >= 11 is 0. The summed E-state index contributed by atoms with van der Waals surface area (Å²) in [4.78, 5) is 0.223. The van der Waals surface area contributed by atoms with Crippen LogP contribution in [0.15, 0.2) is 29.2 Å². The number of hydrogen-bond acceptors (Lipinski definition) is 4. The van der Waals surface area contributed by atoms with Crippen molar-refractivity contribution in [2.75, 3.05) is 24.6 Å². The van der Waals surface area contributed by atoms with Crippen LogP contribution in [0.3, 0.4) is 0 Å². The number of benzene rings is 1. The molecule has 0 aromatic heterocycles. The van der Waals surface area contributed by atoms with Crippen molar-refractivity contribution in [3.63, 3.8) is 0 Å². The van der Waals surface area contributed by atoms with Gasteiger partial charge in [-0.25, -0.2) is 16.8 Å². The second kappa shape index (κ2) is 5.46. The fourth-order valence-electron chi connectivity index (χ4n) is 2.11. The summed E-state index contributed by atoms with van der Waals surface area (Å²) in [5.41, 5.74) is 1.07. The third-order valence-electron chi connectivity index (χ3n) is 3.49. The van der Waals surface area contributed by atoms with Gasteiger partial charge in [0.15, 0.2) is 9.84 Å². The maximum absolute atomic E-state index is 12.4. The Labute approximate surface area is 120 Å². The monoisotopic (exact) mass is 317 g/mol. The van der Waals surface area contributed by atoms with Gasteiger partial charge in [0.05, 0.1) is 16.4 Å². The molecule has 0 radical (unpaired) electrons. The van der Waals surface area contributed by atoms with Crippen LogP contribution in [0.5, 0.6) is 0 Å². The maximum atomic E-state index is 12.4. The summed E-state index contributed by atoms with van der Waals surface area (Å²) in [5, 5.41) is 0. The van der Waals surface area contributed by atoms with E-state index in [0.717, 1.165) is 5.56 Å². The van der Waals surface area contributed by atoms with Crippen LogP contribution in [0.25, 0.3) is 0 Å². The van der Waals surface area contributed by atoms with E-state index in [1.807, 2.05) is 13.8 Å². The first-order valence-corrected chi connectivity index (χ1v) is 9.79. The molecule has 2 rings (SSSR count). The van der Waals surface area contributed by atoms with Gasteiger partial charge in [-0.3, -0.25) is 0 Å². The molecular formula is C13H19NO4S2. The van der Waals surface area contributed by atoms with E-state index in [2.05, 4.69) is 0 Å². The SMILES string of the molecule is CC(C)c1ccc(S(=O)(=O)N2CCS(=O)(=O)CC2)cc1. The van der Waals surface area contributed by atoms with E-state index in [1.165, 1.54) is 4.31 Å². The van der Waals surface area contributed by atoms with Gasteiger partial charge in [0.2, 0.25) is 10.0 Å². The molecule has 0 spiro atoms. The molecule has 112 valence electrons. The molecule has 0 amide bonds. The molecule has 1 heterocycles. The second-order valence-electron chi connectivity index (χ2n) is 5.28. The number of sulfone groups is 1. The van der Waals surface area contributed by atoms with Crippen molar-refractivity contribution in [1.82, 2.24) is 4.31 Å². The fraction of sp³-hybridized carbons (Fsp3) is 0.538. The molecule has 1 saturated heterocycles. The van der Waals surface area contributed by atoms with Crippen LogP contribution in [0, 0.1) is 0 Å². The number of rotatable bonds is 3. The van der Waals surface area contributed by atoms with Gasteiger partial charge in [0.1, 0.15) is 0 Å². The van der Waals surface area contributed by atoms with E-state index in [-0.39, 0.29) is 29.5 Å². The van der Waals surface area contributed by atoms with Crippen LogP contribution in [0.2, 0.25) is 0 Å². The first kappa shape index (κ1) is 15.5. The van der Waals surface area contributed by atoms with Crippen LogP contribution >= 0.6 is 0 Å². The lowest BCUT2D eigenvalue weighted by Gasteiger charge is -2.26.